The average molecular weight is 168 g/mol. The van der Waals surface area contributed by atoms with E-state index in [9.17, 15) is 0 Å². The van der Waals surface area contributed by atoms with Gasteiger partial charge in [0.15, 0.2) is 0 Å². The molecule has 0 unspecified atom stereocenters. The molecule has 64 valence electrons. The van der Waals surface area contributed by atoms with Crippen LogP contribution in [0.3, 0.4) is 0 Å². The first-order chi connectivity index (χ1) is 6.20. The van der Waals surface area contributed by atoms with Crippen LogP contribution in [0.2, 0.25) is 0 Å². The Morgan fingerprint density at radius 3 is 2.85 bits per heavy atom. The molecule has 0 aromatic heterocycles. The molecule has 0 amide bonds. The molecule has 0 aliphatic heterocycles. The van der Waals surface area contributed by atoms with E-state index in [1.807, 2.05) is 0 Å². The maximum Gasteiger partial charge on any atom is 0.114 e. The second-order valence-electron chi connectivity index (χ2n) is 3.74. The maximum absolute atomic E-state index is 5.92. The quantitative estimate of drug-likeness (QED) is 0.520. The molecule has 13 heavy (non-hydrogen) atoms. The van der Waals surface area contributed by atoms with Crippen molar-refractivity contribution in [2.75, 3.05) is 0 Å². The second-order valence-corrected chi connectivity index (χ2v) is 3.74. The van der Waals surface area contributed by atoms with Gasteiger partial charge in [0, 0.05) is 0 Å². The second kappa shape index (κ2) is 3.06. The number of aryl methyl sites for hydroxylation is 1. The van der Waals surface area contributed by atoms with E-state index in [1.165, 1.54) is 22.3 Å². The van der Waals surface area contributed by atoms with E-state index in [-0.39, 0.29) is 0 Å². The number of benzene rings is 1. The van der Waals surface area contributed by atoms with E-state index in [4.69, 9.17) is 7.85 Å². The highest BCUT2D eigenvalue weighted by molar-refractivity contribution is 6.33. The first kappa shape index (κ1) is 8.62. The average Bonchev–Trinajstić information content (AvgIpc) is 2.15. The van der Waals surface area contributed by atoms with Crippen molar-refractivity contribution in [1.29, 1.82) is 0 Å². The smallest absolute Gasteiger partial charge is 0.0932 e. The Morgan fingerprint density at radius 1 is 1.31 bits per heavy atom. The highest BCUT2D eigenvalue weighted by Crippen LogP contribution is 2.24. The standard InChI is InChI=1S/C12H13B/c1-8-7-12(13)9(2)11-6-4-3-5-10(8)11/h3,5,7H,4,6H2,1-2H3. The SMILES string of the molecule is [B]c1cc(C)c2c(c1C)CCC=C2. The Kier molecular flexibility index (Phi) is 2.03. The zero-order valence-electron chi connectivity index (χ0n) is 8.22. The van der Waals surface area contributed by atoms with Gasteiger partial charge >= 0.3 is 0 Å². The summed E-state index contributed by atoms with van der Waals surface area (Å²) in [5, 5.41) is 0. The minimum atomic E-state index is 0.937. The maximum atomic E-state index is 5.92. The Bertz CT molecular complexity index is 375. The van der Waals surface area contributed by atoms with Crippen molar-refractivity contribution in [3.63, 3.8) is 0 Å². The first-order valence-electron chi connectivity index (χ1n) is 4.75. The van der Waals surface area contributed by atoms with Gasteiger partial charge in [0.05, 0.1) is 0 Å². The van der Waals surface area contributed by atoms with E-state index in [2.05, 4.69) is 32.1 Å². The van der Waals surface area contributed by atoms with E-state index in [1.54, 1.807) is 0 Å². The molecule has 0 heterocycles. The third-order valence-electron chi connectivity index (χ3n) is 2.85. The molecule has 1 aromatic rings. The van der Waals surface area contributed by atoms with Crippen LogP contribution in [0, 0.1) is 13.8 Å². The van der Waals surface area contributed by atoms with E-state index < -0.39 is 0 Å². The van der Waals surface area contributed by atoms with E-state index in [0.717, 1.165) is 18.3 Å². The molecule has 0 saturated carbocycles. The van der Waals surface area contributed by atoms with Crippen LogP contribution in [-0.2, 0) is 6.42 Å². The van der Waals surface area contributed by atoms with Gasteiger partial charge in [0.1, 0.15) is 7.85 Å². The lowest BCUT2D eigenvalue weighted by Crippen LogP contribution is -2.14. The largest absolute Gasteiger partial charge is 0.114 e. The third-order valence-corrected chi connectivity index (χ3v) is 2.85. The molecular formula is C12H13B. The van der Waals surface area contributed by atoms with Gasteiger partial charge in [-0.1, -0.05) is 29.2 Å². The van der Waals surface area contributed by atoms with E-state index >= 15 is 0 Å². The van der Waals surface area contributed by atoms with Gasteiger partial charge in [-0.15, -0.1) is 0 Å². The van der Waals surface area contributed by atoms with Gasteiger partial charge in [0.25, 0.3) is 0 Å². The van der Waals surface area contributed by atoms with Crippen LogP contribution < -0.4 is 5.46 Å². The number of allylic oxidation sites excluding steroid dienone is 1. The summed E-state index contributed by atoms with van der Waals surface area (Å²) >= 11 is 0. The lowest BCUT2D eigenvalue weighted by molar-refractivity contribution is 0.969. The molecule has 1 aliphatic carbocycles. The zero-order chi connectivity index (χ0) is 9.42. The minimum absolute atomic E-state index is 0.937. The summed E-state index contributed by atoms with van der Waals surface area (Å²) in [6, 6.07) is 2.07. The molecule has 2 rings (SSSR count). The summed E-state index contributed by atoms with van der Waals surface area (Å²) in [5.74, 6) is 0. The Hall–Kier alpha value is -0.975. The summed E-state index contributed by atoms with van der Waals surface area (Å²) < 4.78 is 0. The number of rotatable bonds is 0. The fourth-order valence-corrected chi connectivity index (χ4v) is 2.02. The summed E-state index contributed by atoms with van der Waals surface area (Å²) in [6.45, 7) is 4.25. The van der Waals surface area contributed by atoms with Gasteiger partial charge in [-0.3, -0.25) is 0 Å². The van der Waals surface area contributed by atoms with Crippen LogP contribution >= 0.6 is 0 Å². The number of hydrogen-bond acceptors (Lipinski definition) is 0. The van der Waals surface area contributed by atoms with Crippen LogP contribution in [0.5, 0.6) is 0 Å². The fraction of sp³-hybridized carbons (Fsp3) is 0.333. The van der Waals surface area contributed by atoms with Gasteiger partial charge in [-0.05, 0) is 43.4 Å². The Morgan fingerprint density at radius 2 is 2.08 bits per heavy atom. The highest BCUT2D eigenvalue weighted by Gasteiger charge is 2.10. The molecule has 0 spiro atoms. The van der Waals surface area contributed by atoms with Crippen molar-refractivity contribution in [2.45, 2.75) is 26.7 Å². The monoisotopic (exact) mass is 168 g/mol. The molecule has 2 radical (unpaired) electrons. The van der Waals surface area contributed by atoms with Crippen LogP contribution in [-0.4, -0.2) is 7.85 Å². The lowest BCUT2D eigenvalue weighted by atomic mass is 9.81. The topological polar surface area (TPSA) is 0 Å². The Balaban J connectivity index is 2.71. The van der Waals surface area contributed by atoms with Crippen molar-refractivity contribution < 1.29 is 0 Å². The van der Waals surface area contributed by atoms with Gasteiger partial charge in [-0.2, -0.15) is 0 Å². The lowest BCUT2D eigenvalue weighted by Gasteiger charge is -2.18. The van der Waals surface area contributed by atoms with Gasteiger partial charge < -0.3 is 0 Å². The number of fused-ring (bicyclic) bond motifs is 1. The molecule has 1 aliphatic rings. The minimum Gasteiger partial charge on any atom is -0.0932 e. The molecule has 0 atom stereocenters. The third kappa shape index (κ3) is 1.33. The van der Waals surface area contributed by atoms with Crippen LogP contribution in [0.1, 0.15) is 28.7 Å². The van der Waals surface area contributed by atoms with Crippen LogP contribution in [0.4, 0.5) is 0 Å². The molecule has 0 saturated heterocycles. The number of hydrogen-bond donors (Lipinski definition) is 0. The summed E-state index contributed by atoms with van der Waals surface area (Å²) in [4.78, 5) is 0. The van der Waals surface area contributed by atoms with Gasteiger partial charge in [0.2, 0.25) is 0 Å². The van der Waals surface area contributed by atoms with Crippen LogP contribution in [0.15, 0.2) is 12.1 Å². The van der Waals surface area contributed by atoms with Crippen molar-refractivity contribution >= 4 is 19.4 Å². The normalized spacial score (nSPS) is 14.3. The molecule has 0 N–H and O–H groups in total. The highest BCUT2D eigenvalue weighted by atomic mass is 14.1. The predicted octanol–water partition coefficient (Wildman–Crippen LogP) is 2.06. The van der Waals surface area contributed by atoms with Gasteiger partial charge in [-0.25, -0.2) is 0 Å². The van der Waals surface area contributed by atoms with Crippen molar-refractivity contribution in [3.05, 3.63) is 34.4 Å². The summed E-state index contributed by atoms with van der Waals surface area (Å²) in [5.41, 5.74) is 6.34. The van der Waals surface area contributed by atoms with Crippen LogP contribution in [0.25, 0.3) is 6.08 Å². The molecule has 0 bridgehead atoms. The predicted molar refractivity (Wildman–Crippen MR) is 58.7 cm³/mol. The molecule has 1 heteroatoms. The Labute approximate surface area is 81.1 Å². The molecular weight excluding hydrogens is 155 g/mol. The molecule has 1 aromatic carbocycles. The summed E-state index contributed by atoms with van der Waals surface area (Å²) in [6.07, 6.45) is 6.76. The first-order valence-corrected chi connectivity index (χ1v) is 4.75. The van der Waals surface area contributed by atoms with Crippen molar-refractivity contribution in [2.24, 2.45) is 0 Å². The zero-order valence-corrected chi connectivity index (χ0v) is 8.22. The van der Waals surface area contributed by atoms with E-state index in [0.29, 0.717) is 0 Å². The molecule has 0 nitrogen and oxygen atoms in total. The van der Waals surface area contributed by atoms with Crippen molar-refractivity contribution in [1.82, 2.24) is 0 Å². The van der Waals surface area contributed by atoms with Crippen molar-refractivity contribution in [3.8, 4) is 0 Å². The fourth-order valence-electron chi connectivity index (χ4n) is 2.02. The molecule has 0 fully saturated rings. The summed E-state index contributed by atoms with van der Waals surface area (Å²) in [7, 11) is 5.92.